The number of nitrogens with zero attached hydrogens (tertiary/aromatic N) is 2. The SMILES string of the molecule is c1ccc(-c2cccc3c2N=[N+]N3)cc1. The Morgan fingerprint density at radius 2 is 1.80 bits per heavy atom. The zero-order chi connectivity index (χ0) is 10.1. The first-order chi connectivity index (χ1) is 7.45. The van der Waals surface area contributed by atoms with Crippen LogP contribution in [0.2, 0.25) is 0 Å². The molecule has 1 aliphatic rings. The van der Waals surface area contributed by atoms with Gasteiger partial charge in [-0.2, -0.15) is 0 Å². The number of fused-ring (bicyclic) bond motifs is 1. The summed E-state index contributed by atoms with van der Waals surface area (Å²) in [6, 6.07) is 16.2. The van der Waals surface area contributed by atoms with Crippen molar-refractivity contribution in [1.82, 2.24) is 5.22 Å². The molecule has 2 aromatic rings. The zero-order valence-corrected chi connectivity index (χ0v) is 8.01. The third-order valence-corrected chi connectivity index (χ3v) is 2.44. The Balaban J connectivity index is 2.21. The second kappa shape index (κ2) is 3.20. The van der Waals surface area contributed by atoms with Crippen LogP contribution in [0.3, 0.4) is 0 Å². The maximum absolute atomic E-state index is 4.09. The molecule has 0 fully saturated rings. The summed E-state index contributed by atoms with van der Waals surface area (Å²) in [6.45, 7) is 0. The first-order valence-corrected chi connectivity index (χ1v) is 4.80. The molecule has 3 rings (SSSR count). The first kappa shape index (κ1) is 8.17. The van der Waals surface area contributed by atoms with Gasteiger partial charge in [0.2, 0.25) is 0 Å². The van der Waals surface area contributed by atoms with Gasteiger partial charge in [-0.3, -0.25) is 0 Å². The van der Waals surface area contributed by atoms with E-state index in [-0.39, 0.29) is 0 Å². The van der Waals surface area contributed by atoms with Crippen molar-refractivity contribution in [2.24, 2.45) is 5.11 Å². The summed E-state index contributed by atoms with van der Waals surface area (Å²) in [5.41, 5.74) is 7.03. The van der Waals surface area contributed by atoms with E-state index in [1.165, 1.54) is 0 Å². The molecule has 3 heteroatoms. The summed E-state index contributed by atoms with van der Waals surface area (Å²) in [6.07, 6.45) is 0. The molecule has 1 heterocycles. The van der Waals surface area contributed by atoms with Gasteiger partial charge in [0.05, 0.1) is 0 Å². The fraction of sp³-hybridized carbons (Fsp3) is 0. The van der Waals surface area contributed by atoms with Gasteiger partial charge >= 0.3 is 5.22 Å². The lowest BCUT2D eigenvalue weighted by molar-refractivity contribution is 1.06. The molecule has 0 saturated heterocycles. The highest BCUT2D eigenvalue weighted by atomic mass is 15.5. The summed E-state index contributed by atoms with van der Waals surface area (Å²) in [4.78, 5) is 0. The quantitative estimate of drug-likeness (QED) is 0.746. The van der Waals surface area contributed by atoms with E-state index in [0.29, 0.717) is 0 Å². The van der Waals surface area contributed by atoms with E-state index in [2.05, 4.69) is 34.0 Å². The minimum atomic E-state index is 0.920. The van der Waals surface area contributed by atoms with Crippen LogP contribution in [0.25, 0.3) is 11.1 Å². The van der Waals surface area contributed by atoms with Crippen molar-refractivity contribution in [3.05, 3.63) is 48.5 Å². The molecular formula is C12H9N3+. The predicted octanol–water partition coefficient (Wildman–Crippen LogP) is 3.11. The van der Waals surface area contributed by atoms with Crippen LogP contribution in [0.5, 0.6) is 0 Å². The lowest BCUT2D eigenvalue weighted by atomic mass is 10.0. The molecule has 2 aromatic carbocycles. The Labute approximate surface area is 87.4 Å². The summed E-state index contributed by atoms with van der Waals surface area (Å²) < 4.78 is 0. The molecule has 1 radical (unpaired) electrons. The normalized spacial score (nSPS) is 12.3. The van der Waals surface area contributed by atoms with Gasteiger partial charge < -0.3 is 0 Å². The minimum absolute atomic E-state index is 0.920. The first-order valence-electron chi connectivity index (χ1n) is 4.80. The van der Waals surface area contributed by atoms with Crippen LogP contribution < -0.4 is 10.6 Å². The smallest absolute Gasteiger partial charge is 0.0687 e. The van der Waals surface area contributed by atoms with Crippen molar-refractivity contribution in [3.8, 4) is 11.1 Å². The van der Waals surface area contributed by atoms with Gasteiger partial charge in [-0.05, 0) is 11.6 Å². The monoisotopic (exact) mass is 195 g/mol. The molecule has 15 heavy (non-hydrogen) atoms. The van der Waals surface area contributed by atoms with Crippen LogP contribution >= 0.6 is 0 Å². The molecule has 0 unspecified atom stereocenters. The van der Waals surface area contributed by atoms with Crippen LogP contribution in [0.4, 0.5) is 11.4 Å². The van der Waals surface area contributed by atoms with Crippen molar-refractivity contribution in [2.75, 3.05) is 5.43 Å². The number of anilines is 1. The Bertz CT molecular complexity index is 518. The van der Waals surface area contributed by atoms with Crippen molar-refractivity contribution in [1.29, 1.82) is 0 Å². The molecule has 0 saturated carbocycles. The van der Waals surface area contributed by atoms with Crippen molar-refractivity contribution in [3.63, 3.8) is 0 Å². The topological polar surface area (TPSA) is 38.5 Å². The maximum atomic E-state index is 4.09. The van der Waals surface area contributed by atoms with Crippen LogP contribution in [-0.2, 0) is 0 Å². The molecular weight excluding hydrogens is 186 g/mol. The maximum Gasteiger partial charge on any atom is 0.331 e. The molecule has 3 nitrogen and oxygen atoms in total. The second-order valence-electron chi connectivity index (χ2n) is 3.38. The lowest BCUT2D eigenvalue weighted by Crippen LogP contribution is -1.90. The highest BCUT2D eigenvalue weighted by Gasteiger charge is 2.21. The van der Waals surface area contributed by atoms with E-state index < -0.39 is 0 Å². The second-order valence-corrected chi connectivity index (χ2v) is 3.38. The highest BCUT2D eigenvalue weighted by Crippen LogP contribution is 2.37. The van der Waals surface area contributed by atoms with Gasteiger partial charge in [0, 0.05) is 5.56 Å². The number of rotatable bonds is 1. The summed E-state index contributed by atoms with van der Waals surface area (Å²) in [7, 11) is 0. The standard InChI is InChI=1S/C12H9N3/c1-2-5-9(6-3-1)10-7-4-8-11-12(10)14-15-13-11/h1-8H,(H,13,14)/q+1. The fourth-order valence-electron chi connectivity index (χ4n) is 1.72. The molecule has 0 bridgehead atoms. The number of benzene rings is 2. The molecule has 0 atom stereocenters. The molecule has 0 aromatic heterocycles. The molecule has 71 valence electrons. The Hall–Kier alpha value is -2.16. The number of hydrogen-bond acceptors (Lipinski definition) is 3. The van der Waals surface area contributed by atoms with E-state index in [1.54, 1.807) is 0 Å². The van der Waals surface area contributed by atoms with Gasteiger partial charge in [0.15, 0.2) is 5.69 Å². The van der Waals surface area contributed by atoms with Gasteiger partial charge in [-0.1, -0.05) is 47.9 Å². The fourth-order valence-corrected chi connectivity index (χ4v) is 1.72. The average molecular weight is 195 g/mol. The van der Waals surface area contributed by atoms with Crippen LogP contribution in [-0.4, -0.2) is 0 Å². The lowest BCUT2D eigenvalue weighted by Gasteiger charge is -2.01. The van der Waals surface area contributed by atoms with E-state index in [4.69, 9.17) is 0 Å². The summed E-state index contributed by atoms with van der Waals surface area (Å²) in [5.74, 6) is 0. The van der Waals surface area contributed by atoms with Crippen molar-refractivity contribution >= 4 is 11.4 Å². The Morgan fingerprint density at radius 1 is 0.933 bits per heavy atom. The van der Waals surface area contributed by atoms with Gasteiger partial charge in [-0.25, -0.2) is 0 Å². The Morgan fingerprint density at radius 3 is 2.67 bits per heavy atom. The largest absolute Gasteiger partial charge is 0.331 e. The number of hydrogen-bond donors (Lipinski definition) is 1. The third kappa shape index (κ3) is 1.29. The van der Waals surface area contributed by atoms with Gasteiger partial charge in [-0.15, -0.1) is 0 Å². The van der Waals surface area contributed by atoms with E-state index >= 15 is 0 Å². The molecule has 1 aliphatic heterocycles. The van der Waals surface area contributed by atoms with Crippen LogP contribution in [0.1, 0.15) is 0 Å². The Kier molecular flexibility index (Phi) is 1.75. The summed E-state index contributed by atoms with van der Waals surface area (Å²) in [5, 5.41) is 7.90. The molecule has 0 spiro atoms. The van der Waals surface area contributed by atoms with Crippen molar-refractivity contribution in [2.45, 2.75) is 0 Å². The van der Waals surface area contributed by atoms with Crippen molar-refractivity contribution < 1.29 is 0 Å². The summed E-state index contributed by atoms with van der Waals surface area (Å²) >= 11 is 0. The zero-order valence-electron chi connectivity index (χ0n) is 8.01. The van der Waals surface area contributed by atoms with E-state index in [1.807, 2.05) is 30.3 Å². The van der Waals surface area contributed by atoms with Crippen LogP contribution in [0.15, 0.2) is 53.6 Å². The third-order valence-electron chi connectivity index (χ3n) is 2.44. The molecule has 0 aliphatic carbocycles. The van der Waals surface area contributed by atoms with Crippen LogP contribution in [0, 0.1) is 0 Å². The minimum Gasteiger partial charge on any atom is -0.0687 e. The van der Waals surface area contributed by atoms with E-state index in [9.17, 15) is 0 Å². The predicted molar refractivity (Wildman–Crippen MR) is 59.7 cm³/mol. The van der Waals surface area contributed by atoms with Gasteiger partial charge in [0.25, 0.3) is 0 Å². The van der Waals surface area contributed by atoms with E-state index in [0.717, 1.165) is 22.5 Å². The average Bonchev–Trinajstić information content (AvgIpc) is 2.78. The highest BCUT2D eigenvalue weighted by molar-refractivity contribution is 5.85. The number of nitrogens with one attached hydrogen (secondary N) is 1. The molecule has 1 N–H and O–H groups in total. The molecule has 0 amide bonds. The van der Waals surface area contributed by atoms with Gasteiger partial charge in [0.1, 0.15) is 10.8 Å².